The van der Waals surface area contributed by atoms with Crippen molar-refractivity contribution >= 4 is 17.8 Å². The number of rotatable bonds is 5. The Balaban J connectivity index is 2.37. The van der Waals surface area contributed by atoms with Gasteiger partial charge in [0.15, 0.2) is 11.5 Å². The molecule has 0 saturated carbocycles. The number of aromatic nitrogens is 2. The van der Waals surface area contributed by atoms with Crippen LogP contribution in [0.2, 0.25) is 0 Å². The standard InChI is InChI=1S/C19H30N4O2/c1-7-14(24)17(19(3,4)5)21-18(25)16-13-12-22(6)10-9-11-23(13)15(8-2)20-16/h8,17H,2,7,9-12H2,1,3-6H3,(H,21,25)/t17-/m1/s1. The van der Waals surface area contributed by atoms with Gasteiger partial charge in [0.05, 0.1) is 11.7 Å². The van der Waals surface area contributed by atoms with Gasteiger partial charge >= 0.3 is 0 Å². The van der Waals surface area contributed by atoms with Gasteiger partial charge in [0.1, 0.15) is 5.82 Å². The van der Waals surface area contributed by atoms with Gasteiger partial charge in [-0.3, -0.25) is 9.59 Å². The lowest BCUT2D eigenvalue weighted by molar-refractivity contribution is -0.122. The molecule has 1 aromatic rings. The number of fused-ring (bicyclic) bond motifs is 1. The number of ketones is 1. The molecule has 1 aliphatic rings. The predicted molar refractivity (Wildman–Crippen MR) is 99.3 cm³/mol. The monoisotopic (exact) mass is 346 g/mol. The Labute approximate surface area is 150 Å². The van der Waals surface area contributed by atoms with E-state index >= 15 is 0 Å². The minimum absolute atomic E-state index is 0.0345. The Kier molecular flexibility index (Phi) is 5.83. The molecule has 0 aliphatic carbocycles. The summed E-state index contributed by atoms with van der Waals surface area (Å²) >= 11 is 0. The van der Waals surface area contributed by atoms with Crippen LogP contribution in [0.4, 0.5) is 0 Å². The van der Waals surface area contributed by atoms with Crippen molar-refractivity contribution in [3.8, 4) is 0 Å². The first-order chi connectivity index (χ1) is 11.7. The normalized spacial score (nSPS) is 16.7. The maximum Gasteiger partial charge on any atom is 0.272 e. The first-order valence-corrected chi connectivity index (χ1v) is 8.93. The van der Waals surface area contributed by atoms with Crippen molar-refractivity contribution in [2.24, 2.45) is 5.41 Å². The third-order valence-electron chi connectivity index (χ3n) is 4.65. The van der Waals surface area contributed by atoms with Crippen molar-refractivity contribution in [1.29, 1.82) is 0 Å². The van der Waals surface area contributed by atoms with Gasteiger partial charge in [-0.25, -0.2) is 4.98 Å². The van der Waals surface area contributed by atoms with Gasteiger partial charge in [0.25, 0.3) is 5.91 Å². The molecule has 0 radical (unpaired) electrons. The molecular weight excluding hydrogens is 316 g/mol. The molecule has 6 nitrogen and oxygen atoms in total. The maximum atomic E-state index is 13.0. The second kappa shape index (κ2) is 7.52. The molecule has 0 spiro atoms. The Morgan fingerprint density at radius 1 is 1.36 bits per heavy atom. The first kappa shape index (κ1) is 19.4. The average Bonchev–Trinajstić information content (AvgIpc) is 2.76. The summed E-state index contributed by atoms with van der Waals surface area (Å²) in [6.07, 6.45) is 3.08. The highest BCUT2D eigenvalue weighted by Gasteiger charge is 2.33. The van der Waals surface area contributed by atoms with Gasteiger partial charge in [-0.2, -0.15) is 0 Å². The molecular formula is C19H30N4O2. The van der Waals surface area contributed by atoms with E-state index in [9.17, 15) is 9.59 Å². The second-order valence-electron chi connectivity index (χ2n) is 7.80. The molecule has 0 aromatic carbocycles. The van der Waals surface area contributed by atoms with E-state index in [1.165, 1.54) is 0 Å². The van der Waals surface area contributed by atoms with E-state index in [-0.39, 0.29) is 17.1 Å². The number of Topliss-reactive ketones (excluding diaryl/α,β-unsaturated/α-hetero) is 1. The Morgan fingerprint density at radius 3 is 2.60 bits per heavy atom. The topological polar surface area (TPSA) is 67.2 Å². The van der Waals surface area contributed by atoms with Crippen LogP contribution < -0.4 is 5.32 Å². The lowest BCUT2D eigenvalue weighted by atomic mass is 9.83. The van der Waals surface area contributed by atoms with Crippen LogP contribution >= 0.6 is 0 Å². The van der Waals surface area contributed by atoms with Gasteiger partial charge in [-0.1, -0.05) is 34.3 Å². The summed E-state index contributed by atoms with van der Waals surface area (Å²) in [5.41, 5.74) is 0.947. The molecule has 1 aromatic heterocycles. The average molecular weight is 346 g/mol. The third-order valence-corrected chi connectivity index (χ3v) is 4.65. The first-order valence-electron chi connectivity index (χ1n) is 8.93. The van der Waals surface area contributed by atoms with Crippen LogP contribution in [0.15, 0.2) is 6.58 Å². The second-order valence-corrected chi connectivity index (χ2v) is 7.80. The number of hydrogen-bond acceptors (Lipinski definition) is 4. The van der Waals surface area contributed by atoms with Crippen molar-refractivity contribution < 1.29 is 9.59 Å². The van der Waals surface area contributed by atoms with E-state index in [2.05, 4.69) is 26.3 Å². The van der Waals surface area contributed by atoms with Gasteiger partial charge in [-0.05, 0) is 31.5 Å². The summed E-state index contributed by atoms with van der Waals surface area (Å²) in [6.45, 7) is 14.0. The maximum absolute atomic E-state index is 13.0. The number of imidazole rings is 1. The van der Waals surface area contributed by atoms with Crippen LogP contribution in [0, 0.1) is 5.41 Å². The number of carbonyl (C=O) groups is 2. The number of amides is 1. The lowest BCUT2D eigenvalue weighted by Gasteiger charge is -2.30. The molecule has 2 rings (SSSR count). The minimum Gasteiger partial charge on any atom is -0.340 e. The van der Waals surface area contributed by atoms with Crippen LogP contribution in [-0.4, -0.2) is 45.8 Å². The summed E-state index contributed by atoms with van der Waals surface area (Å²) in [6, 6.07) is -0.530. The molecule has 2 heterocycles. The highest BCUT2D eigenvalue weighted by atomic mass is 16.2. The Morgan fingerprint density at radius 2 is 2.04 bits per heavy atom. The van der Waals surface area contributed by atoms with Gasteiger partial charge in [-0.15, -0.1) is 0 Å². The van der Waals surface area contributed by atoms with Crippen LogP contribution in [0.5, 0.6) is 0 Å². The lowest BCUT2D eigenvalue weighted by Crippen LogP contribution is -2.49. The zero-order valence-electron chi connectivity index (χ0n) is 16.1. The molecule has 1 N–H and O–H groups in total. The predicted octanol–water partition coefficient (Wildman–Crippen LogP) is 2.49. The molecule has 0 unspecified atom stereocenters. The zero-order chi connectivity index (χ0) is 18.8. The number of carbonyl (C=O) groups excluding carboxylic acids is 2. The van der Waals surface area contributed by atoms with Gasteiger partial charge < -0.3 is 14.8 Å². The van der Waals surface area contributed by atoms with Crippen molar-refractivity contribution in [3.05, 3.63) is 23.8 Å². The number of nitrogens with one attached hydrogen (secondary N) is 1. The number of hydrogen-bond donors (Lipinski definition) is 1. The van der Waals surface area contributed by atoms with E-state index in [1.807, 2.05) is 34.7 Å². The molecule has 1 atom stereocenters. The molecule has 1 aliphatic heterocycles. The highest BCUT2D eigenvalue weighted by Crippen LogP contribution is 2.23. The van der Waals surface area contributed by atoms with E-state index in [0.29, 0.717) is 24.5 Å². The fourth-order valence-corrected chi connectivity index (χ4v) is 3.27. The Hall–Kier alpha value is -1.95. The summed E-state index contributed by atoms with van der Waals surface area (Å²) in [4.78, 5) is 32.0. The van der Waals surface area contributed by atoms with Crippen LogP contribution in [-0.2, 0) is 17.9 Å². The van der Waals surface area contributed by atoms with Crippen molar-refractivity contribution in [2.45, 2.75) is 59.7 Å². The molecule has 6 heteroatoms. The van der Waals surface area contributed by atoms with Crippen LogP contribution in [0.3, 0.4) is 0 Å². The summed E-state index contributed by atoms with van der Waals surface area (Å²) in [5, 5.41) is 2.93. The van der Waals surface area contributed by atoms with E-state index in [0.717, 1.165) is 25.2 Å². The molecule has 0 bridgehead atoms. The third kappa shape index (κ3) is 4.18. The van der Waals surface area contributed by atoms with Crippen molar-refractivity contribution in [1.82, 2.24) is 19.8 Å². The number of nitrogens with zero attached hydrogens (tertiary/aromatic N) is 3. The minimum atomic E-state index is -0.530. The quantitative estimate of drug-likeness (QED) is 0.889. The molecule has 0 fully saturated rings. The van der Waals surface area contributed by atoms with Crippen molar-refractivity contribution in [3.63, 3.8) is 0 Å². The van der Waals surface area contributed by atoms with E-state index < -0.39 is 6.04 Å². The molecule has 25 heavy (non-hydrogen) atoms. The summed E-state index contributed by atoms with van der Waals surface area (Å²) in [5.74, 6) is 0.464. The largest absolute Gasteiger partial charge is 0.340 e. The van der Waals surface area contributed by atoms with E-state index in [4.69, 9.17) is 0 Å². The van der Waals surface area contributed by atoms with Crippen molar-refractivity contribution in [2.75, 3.05) is 13.6 Å². The smallest absolute Gasteiger partial charge is 0.272 e. The zero-order valence-corrected chi connectivity index (χ0v) is 16.1. The molecule has 1 amide bonds. The fourth-order valence-electron chi connectivity index (χ4n) is 3.27. The van der Waals surface area contributed by atoms with Crippen LogP contribution in [0.1, 0.15) is 62.5 Å². The highest BCUT2D eigenvalue weighted by molar-refractivity contribution is 5.98. The summed E-state index contributed by atoms with van der Waals surface area (Å²) in [7, 11) is 2.04. The Bertz CT molecular complexity index is 670. The SMILES string of the molecule is C=Cc1nc(C(=O)N[C@H](C(=O)CC)C(C)(C)C)c2n1CCCN(C)C2. The molecule has 138 valence electrons. The van der Waals surface area contributed by atoms with Crippen LogP contribution in [0.25, 0.3) is 6.08 Å². The van der Waals surface area contributed by atoms with Gasteiger partial charge in [0.2, 0.25) is 0 Å². The summed E-state index contributed by atoms with van der Waals surface area (Å²) < 4.78 is 2.07. The van der Waals surface area contributed by atoms with E-state index in [1.54, 1.807) is 6.08 Å². The fraction of sp³-hybridized carbons (Fsp3) is 0.632. The van der Waals surface area contributed by atoms with Gasteiger partial charge in [0, 0.05) is 19.5 Å². The molecule has 0 saturated heterocycles.